The average molecular weight is 322 g/mol. The molecule has 1 atom stereocenters. The summed E-state index contributed by atoms with van der Waals surface area (Å²) in [7, 11) is 0. The Morgan fingerprint density at radius 2 is 2.04 bits per heavy atom. The van der Waals surface area contributed by atoms with E-state index < -0.39 is 6.10 Å². The van der Waals surface area contributed by atoms with Gasteiger partial charge in [-0.15, -0.1) is 5.10 Å². The summed E-state index contributed by atoms with van der Waals surface area (Å²) >= 11 is 0. The number of carbonyl (C=O) groups is 1. The zero-order valence-corrected chi connectivity index (χ0v) is 13.4. The van der Waals surface area contributed by atoms with Crippen LogP contribution in [0, 0.1) is 0 Å². The van der Waals surface area contributed by atoms with Gasteiger partial charge in [0.15, 0.2) is 0 Å². The van der Waals surface area contributed by atoms with Crippen molar-refractivity contribution >= 4 is 22.6 Å². The molecule has 1 N–H and O–H groups in total. The summed E-state index contributed by atoms with van der Waals surface area (Å²) < 4.78 is 0. The summed E-state index contributed by atoms with van der Waals surface area (Å²) in [4.78, 5) is 19.3. The summed E-state index contributed by atoms with van der Waals surface area (Å²) in [5.41, 5.74) is 4.97. The number of nitrogens with zero attached hydrogens (tertiary/aromatic N) is 3. The minimum Gasteiger partial charge on any atom is -0.382 e. The van der Waals surface area contributed by atoms with Gasteiger partial charge in [0.2, 0.25) is 6.10 Å². The molecule has 0 saturated carbocycles. The number of amides is 1. The van der Waals surface area contributed by atoms with E-state index in [0.29, 0.717) is 0 Å². The maximum atomic E-state index is 12.4. The van der Waals surface area contributed by atoms with E-state index in [1.54, 1.807) is 6.92 Å². The predicted octanol–water partition coefficient (Wildman–Crippen LogP) is 2.38. The smallest absolute Gasteiger partial charge is 0.267 e. The number of para-hydroxylation sites is 1. The quantitative estimate of drug-likeness (QED) is 0.801. The highest BCUT2D eigenvalue weighted by atomic mass is 16.7. The van der Waals surface area contributed by atoms with Crippen LogP contribution in [0.1, 0.15) is 24.5 Å². The first-order chi connectivity index (χ1) is 11.7. The van der Waals surface area contributed by atoms with Crippen molar-refractivity contribution < 1.29 is 9.63 Å². The third-order valence-corrected chi connectivity index (χ3v) is 4.31. The van der Waals surface area contributed by atoms with Crippen molar-refractivity contribution in [3.05, 3.63) is 53.6 Å². The van der Waals surface area contributed by atoms with Gasteiger partial charge in [0.05, 0.1) is 0 Å². The van der Waals surface area contributed by atoms with E-state index >= 15 is 0 Å². The molecule has 1 aromatic heterocycles. The second kappa shape index (κ2) is 5.96. The van der Waals surface area contributed by atoms with Crippen LogP contribution in [0.3, 0.4) is 0 Å². The summed E-state index contributed by atoms with van der Waals surface area (Å²) in [6, 6.07) is 13.5. The van der Waals surface area contributed by atoms with Gasteiger partial charge in [-0.1, -0.05) is 23.0 Å². The van der Waals surface area contributed by atoms with Gasteiger partial charge < -0.3 is 10.2 Å². The SMILES string of the molecule is CC(On1nnc2ccccc21)C(=O)Nc1ccc2c(c1)CCC2. The molecule has 1 aliphatic rings. The largest absolute Gasteiger partial charge is 0.382 e. The molecule has 122 valence electrons. The first kappa shape index (κ1) is 14.7. The van der Waals surface area contributed by atoms with Gasteiger partial charge in [-0.3, -0.25) is 4.79 Å². The molecule has 1 unspecified atom stereocenters. The maximum absolute atomic E-state index is 12.4. The zero-order valence-electron chi connectivity index (χ0n) is 13.4. The molecule has 6 heteroatoms. The summed E-state index contributed by atoms with van der Waals surface area (Å²) in [5.74, 6) is -0.215. The average Bonchev–Trinajstić information content (AvgIpc) is 3.21. The molecule has 0 radical (unpaired) electrons. The molecule has 0 bridgehead atoms. The summed E-state index contributed by atoms with van der Waals surface area (Å²) in [6.45, 7) is 1.69. The van der Waals surface area contributed by atoms with Crippen molar-refractivity contribution in [3.8, 4) is 0 Å². The van der Waals surface area contributed by atoms with Crippen LogP contribution >= 0.6 is 0 Å². The highest BCUT2D eigenvalue weighted by molar-refractivity contribution is 5.94. The van der Waals surface area contributed by atoms with E-state index in [2.05, 4.69) is 27.8 Å². The lowest BCUT2D eigenvalue weighted by atomic mass is 10.1. The van der Waals surface area contributed by atoms with E-state index in [0.717, 1.165) is 29.6 Å². The van der Waals surface area contributed by atoms with Crippen molar-refractivity contribution in [3.63, 3.8) is 0 Å². The molecule has 0 saturated heterocycles. The zero-order chi connectivity index (χ0) is 16.5. The Bertz CT molecular complexity index is 903. The number of aryl methyl sites for hydroxylation is 2. The third-order valence-electron chi connectivity index (χ3n) is 4.31. The van der Waals surface area contributed by atoms with Gasteiger partial charge in [0, 0.05) is 5.69 Å². The second-order valence-electron chi connectivity index (χ2n) is 6.03. The number of aromatic nitrogens is 3. The monoisotopic (exact) mass is 322 g/mol. The van der Waals surface area contributed by atoms with Gasteiger partial charge in [0.25, 0.3) is 5.91 Å². The number of benzene rings is 2. The molecule has 6 nitrogen and oxygen atoms in total. The van der Waals surface area contributed by atoms with Crippen molar-refractivity contribution in [1.82, 2.24) is 15.2 Å². The first-order valence-corrected chi connectivity index (χ1v) is 8.11. The minimum atomic E-state index is -0.691. The molecule has 24 heavy (non-hydrogen) atoms. The number of carbonyl (C=O) groups excluding carboxylic acids is 1. The number of nitrogens with one attached hydrogen (secondary N) is 1. The Hall–Kier alpha value is -2.89. The molecule has 1 heterocycles. The topological polar surface area (TPSA) is 69.0 Å². The number of hydrogen-bond acceptors (Lipinski definition) is 4. The Morgan fingerprint density at radius 1 is 1.21 bits per heavy atom. The van der Waals surface area contributed by atoms with Crippen LogP contribution in [-0.2, 0) is 17.6 Å². The van der Waals surface area contributed by atoms with Gasteiger partial charge in [-0.05, 0) is 66.8 Å². The lowest BCUT2D eigenvalue weighted by Crippen LogP contribution is -2.35. The number of rotatable bonds is 4. The van der Waals surface area contributed by atoms with Crippen LogP contribution in [0.2, 0.25) is 0 Å². The molecule has 2 aromatic carbocycles. The fourth-order valence-corrected chi connectivity index (χ4v) is 3.02. The third kappa shape index (κ3) is 2.71. The summed E-state index contributed by atoms with van der Waals surface area (Å²) in [5, 5.41) is 10.9. The van der Waals surface area contributed by atoms with Crippen molar-refractivity contribution in [2.45, 2.75) is 32.3 Å². The lowest BCUT2D eigenvalue weighted by molar-refractivity contribution is -0.127. The van der Waals surface area contributed by atoms with E-state index in [9.17, 15) is 4.79 Å². The van der Waals surface area contributed by atoms with Crippen molar-refractivity contribution in [1.29, 1.82) is 0 Å². The van der Waals surface area contributed by atoms with Gasteiger partial charge in [-0.25, -0.2) is 0 Å². The summed E-state index contributed by atoms with van der Waals surface area (Å²) in [6.07, 6.45) is 2.70. The fourth-order valence-electron chi connectivity index (χ4n) is 3.02. The molecule has 0 aliphatic heterocycles. The van der Waals surface area contributed by atoms with Crippen molar-refractivity contribution in [2.75, 3.05) is 5.32 Å². The van der Waals surface area contributed by atoms with Crippen molar-refractivity contribution in [2.24, 2.45) is 0 Å². The normalized spacial score (nSPS) is 14.4. The number of anilines is 1. The molecule has 1 amide bonds. The standard InChI is InChI=1S/C18H18N4O2/c1-12(24-22-17-8-3-2-7-16(17)20-21-22)18(23)19-15-10-9-13-5-4-6-14(13)11-15/h2-3,7-12H,4-6H2,1H3,(H,19,23). The molecular formula is C18H18N4O2. The Labute approximate surface area is 139 Å². The second-order valence-corrected chi connectivity index (χ2v) is 6.03. The molecular weight excluding hydrogens is 304 g/mol. The van der Waals surface area contributed by atoms with Crippen LogP contribution in [0.25, 0.3) is 11.0 Å². The maximum Gasteiger partial charge on any atom is 0.267 e. The van der Waals surface area contributed by atoms with E-state index in [4.69, 9.17) is 4.84 Å². The van der Waals surface area contributed by atoms with E-state index in [-0.39, 0.29) is 5.91 Å². The predicted molar refractivity (Wildman–Crippen MR) is 90.7 cm³/mol. The van der Waals surface area contributed by atoms with E-state index in [1.807, 2.05) is 30.3 Å². The highest BCUT2D eigenvalue weighted by Crippen LogP contribution is 2.25. The number of fused-ring (bicyclic) bond motifs is 2. The van der Waals surface area contributed by atoms with Crippen LogP contribution in [-0.4, -0.2) is 27.2 Å². The highest BCUT2D eigenvalue weighted by Gasteiger charge is 2.18. The van der Waals surface area contributed by atoms with Gasteiger partial charge in [0.1, 0.15) is 11.0 Å². The first-order valence-electron chi connectivity index (χ1n) is 8.11. The van der Waals surface area contributed by atoms with Crippen LogP contribution in [0.5, 0.6) is 0 Å². The van der Waals surface area contributed by atoms with Crippen LogP contribution in [0.4, 0.5) is 5.69 Å². The minimum absolute atomic E-state index is 0.215. The molecule has 1 aliphatic carbocycles. The molecule has 0 spiro atoms. The van der Waals surface area contributed by atoms with Gasteiger partial charge >= 0.3 is 0 Å². The van der Waals surface area contributed by atoms with Gasteiger partial charge in [-0.2, -0.15) is 0 Å². The fraction of sp³-hybridized carbons (Fsp3) is 0.278. The molecule has 3 aromatic rings. The van der Waals surface area contributed by atoms with Crippen LogP contribution < -0.4 is 10.2 Å². The Morgan fingerprint density at radius 3 is 2.96 bits per heavy atom. The lowest BCUT2D eigenvalue weighted by Gasteiger charge is -2.14. The van der Waals surface area contributed by atoms with E-state index in [1.165, 1.54) is 22.4 Å². The number of hydrogen-bond donors (Lipinski definition) is 1. The molecule has 4 rings (SSSR count). The Balaban J connectivity index is 1.46. The van der Waals surface area contributed by atoms with Crippen LogP contribution in [0.15, 0.2) is 42.5 Å². The molecule has 0 fully saturated rings. The Kier molecular flexibility index (Phi) is 3.65.